The van der Waals surface area contributed by atoms with Gasteiger partial charge in [0.1, 0.15) is 11.5 Å². The molecule has 0 bridgehead atoms. The summed E-state index contributed by atoms with van der Waals surface area (Å²) < 4.78 is 16.4. The van der Waals surface area contributed by atoms with Crippen molar-refractivity contribution in [2.45, 2.75) is 6.92 Å². The van der Waals surface area contributed by atoms with E-state index in [9.17, 15) is 9.59 Å². The summed E-state index contributed by atoms with van der Waals surface area (Å²) in [7, 11) is 1.49. The molecule has 7 heteroatoms. The van der Waals surface area contributed by atoms with E-state index in [0.717, 1.165) is 0 Å². The van der Waals surface area contributed by atoms with Crippen molar-refractivity contribution < 1.29 is 23.8 Å². The molecule has 0 saturated carbocycles. The topological polar surface area (TPSA) is 85.9 Å². The Bertz CT molecular complexity index is 1000. The second-order valence-corrected chi connectivity index (χ2v) is 6.15. The average Bonchev–Trinajstić information content (AvgIpc) is 2.79. The molecule has 0 radical (unpaired) electrons. The smallest absolute Gasteiger partial charge is 0.269 e. The molecule has 3 rings (SSSR count). The predicted molar refractivity (Wildman–Crippen MR) is 112 cm³/mol. The van der Waals surface area contributed by atoms with E-state index in [-0.39, 0.29) is 0 Å². The maximum absolute atomic E-state index is 12.3. The number of hydrazine groups is 1. The maximum atomic E-state index is 12.3. The number of carbonyl (C=O) groups is 2. The Morgan fingerprint density at radius 2 is 1.37 bits per heavy atom. The van der Waals surface area contributed by atoms with Gasteiger partial charge in [0.15, 0.2) is 11.5 Å². The lowest BCUT2D eigenvalue weighted by molar-refractivity contribution is 0.0846. The number of para-hydroxylation sites is 1. The van der Waals surface area contributed by atoms with Crippen LogP contribution in [0.3, 0.4) is 0 Å². The zero-order valence-electron chi connectivity index (χ0n) is 16.7. The van der Waals surface area contributed by atoms with Crippen LogP contribution in [0.5, 0.6) is 23.0 Å². The lowest BCUT2D eigenvalue weighted by atomic mass is 10.2. The van der Waals surface area contributed by atoms with Crippen molar-refractivity contribution in [1.29, 1.82) is 0 Å². The molecule has 0 heterocycles. The molecule has 0 fully saturated rings. The Morgan fingerprint density at radius 3 is 2.00 bits per heavy atom. The number of methoxy groups -OCH3 is 1. The van der Waals surface area contributed by atoms with E-state index in [1.54, 1.807) is 42.5 Å². The Balaban J connectivity index is 1.58. The minimum atomic E-state index is -0.478. The third-order valence-corrected chi connectivity index (χ3v) is 4.11. The Labute approximate surface area is 174 Å². The fraction of sp³-hybridized carbons (Fsp3) is 0.130. The molecule has 7 nitrogen and oxygen atoms in total. The van der Waals surface area contributed by atoms with Crippen molar-refractivity contribution >= 4 is 11.8 Å². The van der Waals surface area contributed by atoms with Gasteiger partial charge in [0.2, 0.25) is 0 Å². The van der Waals surface area contributed by atoms with Crippen molar-refractivity contribution in [2.75, 3.05) is 13.7 Å². The van der Waals surface area contributed by atoms with Gasteiger partial charge in [-0.2, -0.15) is 0 Å². The van der Waals surface area contributed by atoms with Gasteiger partial charge in [0.25, 0.3) is 11.8 Å². The molecule has 0 atom stereocenters. The van der Waals surface area contributed by atoms with E-state index >= 15 is 0 Å². The molecular weight excluding hydrogens is 384 g/mol. The molecule has 30 heavy (non-hydrogen) atoms. The van der Waals surface area contributed by atoms with Gasteiger partial charge in [-0.05, 0) is 61.5 Å². The fourth-order valence-corrected chi connectivity index (χ4v) is 2.64. The largest absolute Gasteiger partial charge is 0.493 e. The first-order valence-corrected chi connectivity index (χ1v) is 9.35. The first-order valence-electron chi connectivity index (χ1n) is 9.35. The van der Waals surface area contributed by atoms with Crippen LogP contribution < -0.4 is 25.1 Å². The molecule has 3 aromatic carbocycles. The van der Waals surface area contributed by atoms with Crippen LogP contribution in [0, 0.1) is 0 Å². The summed E-state index contributed by atoms with van der Waals surface area (Å²) in [5.74, 6) is 1.35. The number of rotatable bonds is 7. The van der Waals surface area contributed by atoms with Gasteiger partial charge in [-0.15, -0.1) is 0 Å². The van der Waals surface area contributed by atoms with E-state index in [1.807, 2.05) is 37.3 Å². The third-order valence-electron chi connectivity index (χ3n) is 4.11. The highest BCUT2D eigenvalue weighted by Crippen LogP contribution is 2.28. The average molecular weight is 406 g/mol. The number of benzene rings is 3. The third kappa shape index (κ3) is 5.29. The van der Waals surface area contributed by atoms with Crippen LogP contribution in [0.1, 0.15) is 27.6 Å². The highest BCUT2D eigenvalue weighted by atomic mass is 16.5. The zero-order chi connectivity index (χ0) is 21.3. The van der Waals surface area contributed by atoms with Crippen LogP contribution in [-0.2, 0) is 0 Å². The van der Waals surface area contributed by atoms with Crippen LogP contribution in [0.2, 0.25) is 0 Å². The summed E-state index contributed by atoms with van der Waals surface area (Å²) in [5, 5.41) is 0. The minimum absolute atomic E-state index is 0.321. The summed E-state index contributed by atoms with van der Waals surface area (Å²) in [6.07, 6.45) is 0. The summed E-state index contributed by atoms with van der Waals surface area (Å²) in [4.78, 5) is 24.6. The summed E-state index contributed by atoms with van der Waals surface area (Å²) >= 11 is 0. The molecule has 0 spiro atoms. The molecule has 0 saturated heterocycles. The molecule has 0 aliphatic heterocycles. The summed E-state index contributed by atoms with van der Waals surface area (Å²) in [6, 6.07) is 20.7. The molecule has 0 unspecified atom stereocenters. The van der Waals surface area contributed by atoms with Crippen molar-refractivity contribution in [3.8, 4) is 23.0 Å². The quantitative estimate of drug-likeness (QED) is 0.580. The fourth-order valence-electron chi connectivity index (χ4n) is 2.64. The molecule has 2 N–H and O–H groups in total. The van der Waals surface area contributed by atoms with Crippen LogP contribution in [0.15, 0.2) is 72.8 Å². The predicted octanol–water partition coefficient (Wildman–Crippen LogP) is 3.96. The van der Waals surface area contributed by atoms with Gasteiger partial charge in [0.05, 0.1) is 13.7 Å². The van der Waals surface area contributed by atoms with Crippen LogP contribution >= 0.6 is 0 Å². The first kappa shape index (κ1) is 20.7. The summed E-state index contributed by atoms with van der Waals surface area (Å²) in [6.45, 7) is 2.34. The molecular formula is C23H22N2O5. The molecule has 0 aliphatic rings. The summed E-state index contributed by atoms with van der Waals surface area (Å²) in [5.41, 5.74) is 5.48. The second kappa shape index (κ2) is 9.97. The molecule has 0 aromatic heterocycles. The number of ether oxygens (including phenoxy) is 3. The van der Waals surface area contributed by atoms with Gasteiger partial charge in [-0.25, -0.2) is 0 Å². The van der Waals surface area contributed by atoms with Crippen LogP contribution in [0.4, 0.5) is 0 Å². The first-order chi connectivity index (χ1) is 14.6. The Kier molecular flexibility index (Phi) is 6.89. The number of hydrogen-bond donors (Lipinski definition) is 2. The standard InChI is InChI=1S/C23H22N2O5/c1-3-29-20-14-11-17(15-21(20)28-2)23(27)25-24-22(26)16-9-12-19(13-10-16)30-18-7-5-4-6-8-18/h4-15H,3H2,1-2H3,(H,24,26)(H,25,27). The van der Waals surface area contributed by atoms with Crippen molar-refractivity contribution in [3.63, 3.8) is 0 Å². The number of amides is 2. The Hall–Kier alpha value is -4.00. The van der Waals surface area contributed by atoms with Gasteiger partial charge < -0.3 is 14.2 Å². The molecule has 0 aliphatic carbocycles. The van der Waals surface area contributed by atoms with Gasteiger partial charge in [-0.1, -0.05) is 18.2 Å². The minimum Gasteiger partial charge on any atom is -0.493 e. The van der Waals surface area contributed by atoms with Crippen LogP contribution in [-0.4, -0.2) is 25.5 Å². The van der Waals surface area contributed by atoms with Gasteiger partial charge in [0, 0.05) is 11.1 Å². The van der Waals surface area contributed by atoms with E-state index in [2.05, 4.69) is 10.9 Å². The number of nitrogens with one attached hydrogen (secondary N) is 2. The second-order valence-electron chi connectivity index (χ2n) is 6.15. The SMILES string of the molecule is CCOc1ccc(C(=O)NNC(=O)c2ccc(Oc3ccccc3)cc2)cc1OC. The van der Waals surface area contributed by atoms with E-state index in [4.69, 9.17) is 14.2 Å². The lowest BCUT2D eigenvalue weighted by Crippen LogP contribution is -2.41. The van der Waals surface area contributed by atoms with Gasteiger partial charge in [-0.3, -0.25) is 20.4 Å². The maximum Gasteiger partial charge on any atom is 0.269 e. The van der Waals surface area contributed by atoms with Gasteiger partial charge >= 0.3 is 0 Å². The van der Waals surface area contributed by atoms with E-state index in [0.29, 0.717) is 40.7 Å². The molecule has 3 aromatic rings. The van der Waals surface area contributed by atoms with E-state index in [1.165, 1.54) is 7.11 Å². The van der Waals surface area contributed by atoms with E-state index < -0.39 is 11.8 Å². The molecule has 154 valence electrons. The van der Waals surface area contributed by atoms with Crippen molar-refractivity contribution in [3.05, 3.63) is 83.9 Å². The highest BCUT2D eigenvalue weighted by molar-refractivity contribution is 5.99. The molecule has 2 amide bonds. The monoisotopic (exact) mass is 406 g/mol. The Morgan fingerprint density at radius 1 is 0.767 bits per heavy atom. The van der Waals surface area contributed by atoms with Crippen molar-refractivity contribution in [1.82, 2.24) is 10.9 Å². The normalized spacial score (nSPS) is 10.1. The number of carbonyl (C=O) groups excluding carboxylic acids is 2. The van der Waals surface area contributed by atoms with Crippen molar-refractivity contribution in [2.24, 2.45) is 0 Å². The van der Waals surface area contributed by atoms with Crippen LogP contribution in [0.25, 0.3) is 0 Å². The highest BCUT2D eigenvalue weighted by Gasteiger charge is 2.13. The number of hydrogen-bond acceptors (Lipinski definition) is 5. The zero-order valence-corrected chi connectivity index (χ0v) is 16.7. The lowest BCUT2D eigenvalue weighted by Gasteiger charge is -2.12.